The summed E-state index contributed by atoms with van der Waals surface area (Å²) in [6.45, 7) is 0.0946. The van der Waals surface area contributed by atoms with Gasteiger partial charge in [0.1, 0.15) is 13.0 Å². The van der Waals surface area contributed by atoms with Gasteiger partial charge in [0.15, 0.2) is 6.29 Å². The monoisotopic (exact) mass is 294 g/mol. The summed E-state index contributed by atoms with van der Waals surface area (Å²) in [6.07, 6.45) is -0.307. The molecule has 1 aliphatic heterocycles. The second-order valence-corrected chi connectivity index (χ2v) is 4.62. The molecule has 1 aromatic carbocycles. The molecular formula is C14H18N2O5. The minimum atomic E-state index is -0.986. The van der Waals surface area contributed by atoms with Crippen molar-refractivity contribution < 1.29 is 24.2 Å². The number of carbonyl (C=O) groups excluding carboxylic acids is 2. The molecule has 2 rings (SSSR count). The third-order valence-corrected chi connectivity index (χ3v) is 3.11. The van der Waals surface area contributed by atoms with Crippen molar-refractivity contribution in [2.75, 3.05) is 13.3 Å². The van der Waals surface area contributed by atoms with Gasteiger partial charge in [-0.25, -0.2) is 4.79 Å². The summed E-state index contributed by atoms with van der Waals surface area (Å²) >= 11 is 0. The number of nitrogens with zero attached hydrogens (tertiary/aromatic N) is 1. The number of hydrogen-bond acceptors (Lipinski definition) is 6. The molecule has 2 atom stereocenters. The van der Waals surface area contributed by atoms with Gasteiger partial charge in [-0.05, 0) is 12.0 Å². The lowest BCUT2D eigenvalue weighted by Crippen LogP contribution is -2.48. The molecule has 1 aliphatic rings. The molecule has 1 aromatic rings. The van der Waals surface area contributed by atoms with Gasteiger partial charge in [-0.2, -0.15) is 5.01 Å². The van der Waals surface area contributed by atoms with Crippen LogP contribution in [0.2, 0.25) is 0 Å². The van der Waals surface area contributed by atoms with E-state index in [-0.39, 0.29) is 19.8 Å². The Labute approximate surface area is 122 Å². The van der Waals surface area contributed by atoms with Crippen LogP contribution in [0.1, 0.15) is 12.0 Å². The topological polar surface area (TPSA) is 88.1 Å². The molecule has 21 heavy (non-hydrogen) atoms. The number of aliphatic hydroxyl groups excluding tert-OH is 1. The van der Waals surface area contributed by atoms with Gasteiger partial charge in [0.05, 0.1) is 12.6 Å². The van der Waals surface area contributed by atoms with E-state index >= 15 is 0 Å². The van der Waals surface area contributed by atoms with Crippen molar-refractivity contribution in [3.63, 3.8) is 0 Å². The van der Waals surface area contributed by atoms with Gasteiger partial charge in [0, 0.05) is 6.42 Å². The number of aldehydes is 1. The average molecular weight is 294 g/mol. The Bertz CT molecular complexity index is 468. The van der Waals surface area contributed by atoms with Crippen LogP contribution in [0.3, 0.4) is 0 Å². The summed E-state index contributed by atoms with van der Waals surface area (Å²) in [7, 11) is 0. The van der Waals surface area contributed by atoms with Crippen molar-refractivity contribution in [3.8, 4) is 0 Å². The fourth-order valence-corrected chi connectivity index (χ4v) is 2.05. The molecule has 2 N–H and O–H groups in total. The molecular weight excluding hydrogens is 276 g/mol. The van der Waals surface area contributed by atoms with Crippen LogP contribution in [0.25, 0.3) is 0 Å². The largest absolute Gasteiger partial charge is 0.448 e. The molecule has 0 saturated carbocycles. The first kappa shape index (κ1) is 15.4. The number of amides is 1. The summed E-state index contributed by atoms with van der Waals surface area (Å²) in [5, 5.41) is 11.3. The fourth-order valence-electron chi connectivity index (χ4n) is 2.05. The Balaban J connectivity index is 1.89. The van der Waals surface area contributed by atoms with Crippen LogP contribution in [0.5, 0.6) is 0 Å². The van der Waals surface area contributed by atoms with Gasteiger partial charge in [-0.15, -0.1) is 0 Å². The Morgan fingerprint density at radius 2 is 2.24 bits per heavy atom. The van der Waals surface area contributed by atoms with Gasteiger partial charge >= 0.3 is 6.09 Å². The average Bonchev–Trinajstić information content (AvgIpc) is 2.82. The maximum atomic E-state index is 11.6. The Kier molecular flexibility index (Phi) is 5.68. The number of hydrogen-bond donors (Lipinski definition) is 2. The highest BCUT2D eigenvalue weighted by Gasteiger charge is 2.35. The number of ether oxygens (including phenoxy) is 2. The Morgan fingerprint density at radius 1 is 1.48 bits per heavy atom. The summed E-state index contributed by atoms with van der Waals surface area (Å²) in [5.74, 6) is 0. The van der Waals surface area contributed by atoms with Crippen molar-refractivity contribution in [1.29, 1.82) is 0 Å². The molecule has 0 aromatic heterocycles. The summed E-state index contributed by atoms with van der Waals surface area (Å²) in [4.78, 5) is 21.7. The smallest absolute Gasteiger partial charge is 0.421 e. The highest BCUT2D eigenvalue weighted by atomic mass is 16.6. The third kappa shape index (κ3) is 4.52. The standard InChI is InChI=1S/C14H18N2O5/c17-7-4-8-20-14(19)15-16-10-21-13(18)12(16)9-11-5-2-1-3-6-11/h1-3,5-7,12-13,18H,4,8-10H2,(H,15,19). The van der Waals surface area contributed by atoms with E-state index in [0.29, 0.717) is 12.7 Å². The van der Waals surface area contributed by atoms with Crippen molar-refractivity contribution in [2.24, 2.45) is 0 Å². The van der Waals surface area contributed by atoms with Crippen molar-refractivity contribution >= 4 is 12.4 Å². The molecule has 114 valence electrons. The van der Waals surface area contributed by atoms with Gasteiger partial charge < -0.3 is 19.4 Å². The molecule has 0 spiro atoms. The SMILES string of the molecule is O=CCCOC(=O)NN1COC(O)C1Cc1ccccc1. The van der Waals surface area contributed by atoms with E-state index < -0.39 is 18.4 Å². The van der Waals surface area contributed by atoms with Gasteiger partial charge in [-0.1, -0.05) is 30.3 Å². The summed E-state index contributed by atoms with van der Waals surface area (Å²) in [6, 6.07) is 9.19. The highest BCUT2D eigenvalue weighted by molar-refractivity contribution is 5.66. The predicted octanol–water partition coefficient (Wildman–Crippen LogP) is 0.436. The quantitative estimate of drug-likeness (QED) is 0.584. The fraction of sp³-hybridized carbons (Fsp3) is 0.429. The van der Waals surface area contributed by atoms with E-state index in [2.05, 4.69) is 5.43 Å². The van der Waals surface area contributed by atoms with Crippen LogP contribution < -0.4 is 5.43 Å². The van der Waals surface area contributed by atoms with Crippen LogP contribution in [0.4, 0.5) is 4.79 Å². The zero-order valence-electron chi connectivity index (χ0n) is 11.5. The van der Waals surface area contributed by atoms with E-state index in [0.717, 1.165) is 5.56 Å². The molecule has 7 nitrogen and oxygen atoms in total. The Morgan fingerprint density at radius 3 is 2.95 bits per heavy atom. The lowest BCUT2D eigenvalue weighted by Gasteiger charge is -2.23. The van der Waals surface area contributed by atoms with Crippen molar-refractivity contribution in [1.82, 2.24) is 10.4 Å². The molecule has 0 bridgehead atoms. The minimum absolute atomic E-state index is 0.0237. The lowest BCUT2D eigenvalue weighted by molar-refractivity contribution is -0.108. The van der Waals surface area contributed by atoms with Crippen molar-refractivity contribution in [2.45, 2.75) is 25.2 Å². The van der Waals surface area contributed by atoms with Crippen molar-refractivity contribution in [3.05, 3.63) is 35.9 Å². The van der Waals surface area contributed by atoms with Crippen LogP contribution in [0, 0.1) is 0 Å². The van der Waals surface area contributed by atoms with Crippen LogP contribution in [-0.2, 0) is 20.7 Å². The summed E-state index contributed by atoms with van der Waals surface area (Å²) in [5.41, 5.74) is 3.53. The molecule has 1 heterocycles. The van der Waals surface area contributed by atoms with E-state index in [1.807, 2.05) is 30.3 Å². The molecule has 1 saturated heterocycles. The second-order valence-electron chi connectivity index (χ2n) is 4.62. The molecule has 7 heteroatoms. The Hall–Kier alpha value is -1.96. The highest BCUT2D eigenvalue weighted by Crippen LogP contribution is 2.18. The number of carbonyl (C=O) groups is 2. The van der Waals surface area contributed by atoms with Crippen LogP contribution >= 0.6 is 0 Å². The first-order valence-corrected chi connectivity index (χ1v) is 6.68. The number of aliphatic hydroxyl groups is 1. The number of benzene rings is 1. The van der Waals surface area contributed by atoms with E-state index in [1.165, 1.54) is 5.01 Å². The van der Waals surface area contributed by atoms with E-state index in [4.69, 9.17) is 9.47 Å². The normalized spacial score (nSPS) is 22.0. The van der Waals surface area contributed by atoms with Gasteiger partial charge in [0.25, 0.3) is 0 Å². The predicted molar refractivity (Wildman–Crippen MR) is 72.9 cm³/mol. The zero-order chi connectivity index (χ0) is 15.1. The number of rotatable bonds is 6. The van der Waals surface area contributed by atoms with E-state index in [1.54, 1.807) is 0 Å². The second kappa shape index (κ2) is 7.72. The first-order chi connectivity index (χ1) is 10.2. The maximum Gasteiger partial charge on any atom is 0.421 e. The van der Waals surface area contributed by atoms with Crippen LogP contribution in [0.15, 0.2) is 30.3 Å². The van der Waals surface area contributed by atoms with Crippen LogP contribution in [-0.4, -0.2) is 48.2 Å². The molecule has 1 amide bonds. The first-order valence-electron chi connectivity index (χ1n) is 6.68. The van der Waals surface area contributed by atoms with Gasteiger partial charge in [-0.3, -0.25) is 5.43 Å². The van der Waals surface area contributed by atoms with E-state index in [9.17, 15) is 14.7 Å². The zero-order valence-corrected chi connectivity index (χ0v) is 11.5. The maximum absolute atomic E-state index is 11.6. The minimum Gasteiger partial charge on any atom is -0.448 e. The van der Waals surface area contributed by atoms with Gasteiger partial charge in [0.2, 0.25) is 0 Å². The molecule has 0 radical (unpaired) electrons. The molecule has 1 fully saturated rings. The third-order valence-electron chi connectivity index (χ3n) is 3.11. The number of hydrazine groups is 1. The summed E-state index contributed by atoms with van der Waals surface area (Å²) < 4.78 is 9.95. The number of nitrogens with one attached hydrogen (secondary N) is 1. The molecule has 0 aliphatic carbocycles. The lowest BCUT2D eigenvalue weighted by atomic mass is 10.1. The molecule has 2 unspecified atom stereocenters.